The molecule has 4 N–H and O–H groups in total. The first-order valence-corrected chi connectivity index (χ1v) is 9.95. The first-order chi connectivity index (χ1) is 12.0. The molecule has 4 rings (SSSR count). The maximum Gasteiger partial charge on any atom is 0.317 e. The van der Waals surface area contributed by atoms with E-state index in [4.69, 9.17) is 9.94 Å². The van der Waals surface area contributed by atoms with E-state index in [1.807, 2.05) is 11.1 Å². The van der Waals surface area contributed by atoms with Crippen molar-refractivity contribution in [3.63, 3.8) is 0 Å². The lowest BCUT2D eigenvalue weighted by atomic mass is 9.94. The largest absolute Gasteiger partial charge is 0.507 e. The van der Waals surface area contributed by atoms with Crippen LogP contribution in [0.5, 0.6) is 5.75 Å². The molecule has 0 radical (unpaired) electrons. The molecule has 9 heteroatoms. The van der Waals surface area contributed by atoms with E-state index in [0.717, 1.165) is 40.9 Å². The Labute approximate surface area is 156 Å². The number of aromatic hydroxyl groups is 1. The number of aromatic nitrogens is 1. The van der Waals surface area contributed by atoms with E-state index in [1.54, 1.807) is 17.8 Å². The lowest BCUT2D eigenvalue weighted by Crippen LogP contribution is -2.48. The molecule has 1 saturated heterocycles. The highest BCUT2D eigenvalue weighted by Gasteiger charge is 2.38. The zero-order chi connectivity index (χ0) is 17.6. The van der Waals surface area contributed by atoms with Crippen LogP contribution in [0.4, 0.5) is 0 Å². The van der Waals surface area contributed by atoms with E-state index in [1.165, 1.54) is 0 Å². The minimum atomic E-state index is -0.872. The lowest BCUT2D eigenvalue weighted by Gasteiger charge is -2.37. The normalized spacial score (nSPS) is 23.9. The molecule has 2 aliphatic rings. The van der Waals surface area contributed by atoms with E-state index in [-0.39, 0.29) is 24.4 Å². The number of benzene rings is 1. The summed E-state index contributed by atoms with van der Waals surface area (Å²) in [5.74, 6) is 0.662. The Hall–Kier alpha value is -1.26. The van der Waals surface area contributed by atoms with Crippen molar-refractivity contribution in [2.45, 2.75) is 18.5 Å². The number of carboxylic acids is 1. The molecule has 3 heterocycles. The number of aromatic amines is 1. The number of nitrogens with zero attached hydrogens (tertiary/aromatic N) is 1. The van der Waals surface area contributed by atoms with Crippen molar-refractivity contribution in [2.24, 2.45) is 0 Å². The second-order valence-corrected chi connectivity index (χ2v) is 8.03. The van der Waals surface area contributed by atoms with Crippen molar-refractivity contribution < 1.29 is 19.8 Å². The van der Waals surface area contributed by atoms with Crippen LogP contribution in [0.1, 0.15) is 17.3 Å². The quantitative estimate of drug-likeness (QED) is 0.595. The Balaban J connectivity index is 1.78. The predicted molar refractivity (Wildman–Crippen MR) is 98.7 cm³/mol. The fourth-order valence-corrected chi connectivity index (χ4v) is 4.82. The lowest BCUT2D eigenvalue weighted by molar-refractivity contribution is -0.178. The van der Waals surface area contributed by atoms with Crippen LogP contribution in [-0.4, -0.2) is 57.1 Å². The Morgan fingerprint density at radius 1 is 1.52 bits per heavy atom. The van der Waals surface area contributed by atoms with Gasteiger partial charge in [-0.2, -0.15) is 5.06 Å². The molecule has 0 spiro atoms. The molecule has 0 aliphatic carbocycles. The standard InChI is InChI=1S/C16H18BrN3O4S/c17-10-4-11-9(3-13(10)21)8-1-2-20-16(15(8)19-11)12(6-25-7-24-20)18-5-14(22)23/h3-4,12,16,18-19,21H,1-2,5-7H2,(H,22,23). The highest BCUT2D eigenvalue weighted by molar-refractivity contribution is 9.10. The number of rotatable bonds is 3. The van der Waals surface area contributed by atoms with Crippen molar-refractivity contribution >= 4 is 44.6 Å². The van der Waals surface area contributed by atoms with Gasteiger partial charge in [-0.05, 0) is 40.0 Å². The number of hydrogen-bond acceptors (Lipinski definition) is 6. The van der Waals surface area contributed by atoms with Crippen molar-refractivity contribution in [2.75, 3.05) is 24.8 Å². The molecule has 25 heavy (non-hydrogen) atoms. The number of aliphatic carboxylic acids is 1. The van der Waals surface area contributed by atoms with Gasteiger partial charge in [0.2, 0.25) is 0 Å². The minimum absolute atomic E-state index is 0.0484. The van der Waals surface area contributed by atoms with Gasteiger partial charge >= 0.3 is 5.97 Å². The van der Waals surface area contributed by atoms with E-state index >= 15 is 0 Å². The maximum atomic E-state index is 11.0. The monoisotopic (exact) mass is 427 g/mol. The van der Waals surface area contributed by atoms with Gasteiger partial charge < -0.3 is 20.5 Å². The van der Waals surface area contributed by atoms with E-state index in [0.29, 0.717) is 10.4 Å². The van der Waals surface area contributed by atoms with Crippen LogP contribution >= 0.6 is 27.7 Å². The molecule has 0 saturated carbocycles. The molecule has 1 aromatic heterocycles. The third-order valence-electron chi connectivity index (χ3n) is 4.69. The number of nitrogens with one attached hydrogen (secondary N) is 2. The number of halogens is 1. The topological polar surface area (TPSA) is 97.8 Å². The molecule has 2 unspecified atom stereocenters. The Morgan fingerprint density at radius 3 is 3.16 bits per heavy atom. The van der Waals surface area contributed by atoms with Gasteiger partial charge in [-0.3, -0.25) is 9.63 Å². The summed E-state index contributed by atoms with van der Waals surface area (Å²) in [4.78, 5) is 20.3. The molecule has 1 fully saturated rings. The van der Waals surface area contributed by atoms with Gasteiger partial charge in [0.15, 0.2) is 0 Å². The van der Waals surface area contributed by atoms with Gasteiger partial charge in [0.25, 0.3) is 0 Å². The van der Waals surface area contributed by atoms with Crippen LogP contribution in [0.2, 0.25) is 0 Å². The summed E-state index contributed by atoms with van der Waals surface area (Å²) < 4.78 is 0.642. The highest BCUT2D eigenvalue weighted by atomic mass is 79.9. The number of H-pyrrole nitrogens is 1. The number of thioether (sulfide) groups is 1. The number of carbonyl (C=O) groups is 1. The maximum absolute atomic E-state index is 11.0. The van der Waals surface area contributed by atoms with Gasteiger partial charge in [-0.1, -0.05) is 0 Å². The van der Waals surface area contributed by atoms with Crippen LogP contribution in [0.15, 0.2) is 16.6 Å². The number of carboxylic acid groups (broad SMARTS) is 1. The predicted octanol–water partition coefficient (Wildman–Crippen LogP) is 2.21. The van der Waals surface area contributed by atoms with Gasteiger partial charge in [-0.15, -0.1) is 11.8 Å². The molecule has 134 valence electrons. The van der Waals surface area contributed by atoms with Crippen molar-refractivity contribution in [1.82, 2.24) is 15.4 Å². The first-order valence-electron chi connectivity index (χ1n) is 8.00. The minimum Gasteiger partial charge on any atom is -0.507 e. The fourth-order valence-electron chi connectivity index (χ4n) is 3.61. The summed E-state index contributed by atoms with van der Waals surface area (Å²) in [7, 11) is 0. The van der Waals surface area contributed by atoms with Crippen molar-refractivity contribution in [3.05, 3.63) is 27.9 Å². The molecular formula is C16H18BrN3O4S. The van der Waals surface area contributed by atoms with E-state index in [2.05, 4.69) is 26.2 Å². The molecule has 7 nitrogen and oxygen atoms in total. The summed E-state index contributed by atoms with van der Waals surface area (Å²) in [6.45, 7) is 0.644. The Bertz CT molecular complexity index is 827. The zero-order valence-electron chi connectivity index (χ0n) is 13.3. The third kappa shape index (κ3) is 3.15. The molecule has 0 amide bonds. The Kier molecular flexibility index (Phi) is 4.67. The number of hydroxylamine groups is 2. The second-order valence-electron chi connectivity index (χ2n) is 6.20. The SMILES string of the molecule is O=C(O)CNC1CSCON2CCc3c([nH]c4cc(Br)c(O)cc34)C12. The van der Waals surface area contributed by atoms with Gasteiger partial charge in [-0.25, -0.2) is 0 Å². The van der Waals surface area contributed by atoms with Gasteiger partial charge in [0.1, 0.15) is 11.7 Å². The summed E-state index contributed by atoms with van der Waals surface area (Å²) >= 11 is 5.00. The van der Waals surface area contributed by atoms with Crippen molar-refractivity contribution in [3.8, 4) is 5.75 Å². The Morgan fingerprint density at radius 2 is 2.36 bits per heavy atom. The molecule has 0 bridgehead atoms. The number of phenolic OH excluding ortho intramolecular Hbond substituents is 1. The van der Waals surface area contributed by atoms with Crippen LogP contribution in [0.25, 0.3) is 10.9 Å². The van der Waals surface area contributed by atoms with E-state index < -0.39 is 5.97 Å². The zero-order valence-corrected chi connectivity index (χ0v) is 15.7. The summed E-state index contributed by atoms with van der Waals surface area (Å²) in [6, 6.07) is 3.51. The molecule has 2 aliphatic heterocycles. The number of phenols is 1. The molecule has 2 atom stereocenters. The van der Waals surface area contributed by atoms with Gasteiger partial charge in [0.05, 0.1) is 17.1 Å². The first kappa shape index (κ1) is 17.2. The smallest absolute Gasteiger partial charge is 0.317 e. The molecular weight excluding hydrogens is 410 g/mol. The van der Waals surface area contributed by atoms with E-state index in [9.17, 15) is 9.90 Å². The van der Waals surface area contributed by atoms with Crippen LogP contribution in [0, 0.1) is 0 Å². The number of hydrogen-bond donors (Lipinski definition) is 4. The highest BCUT2D eigenvalue weighted by Crippen LogP contribution is 2.41. The van der Waals surface area contributed by atoms with Crippen molar-refractivity contribution in [1.29, 1.82) is 0 Å². The average Bonchev–Trinajstić information content (AvgIpc) is 2.78. The second kappa shape index (κ2) is 6.81. The molecule has 2 aromatic rings. The fraction of sp³-hybridized carbons (Fsp3) is 0.438. The third-order valence-corrected chi connectivity index (χ3v) is 6.19. The van der Waals surface area contributed by atoms with Crippen LogP contribution in [0.3, 0.4) is 0 Å². The number of fused-ring (bicyclic) bond motifs is 5. The average molecular weight is 428 g/mol. The summed E-state index contributed by atoms with van der Waals surface area (Å²) in [6.07, 6.45) is 0.809. The van der Waals surface area contributed by atoms with Crippen LogP contribution in [-0.2, 0) is 16.1 Å². The summed E-state index contributed by atoms with van der Waals surface area (Å²) in [5.41, 5.74) is 3.14. The summed E-state index contributed by atoms with van der Waals surface area (Å²) in [5, 5.41) is 25.2. The molecule has 1 aromatic carbocycles. The van der Waals surface area contributed by atoms with Gasteiger partial charge in [0, 0.05) is 34.9 Å². The van der Waals surface area contributed by atoms with Crippen LogP contribution < -0.4 is 5.32 Å².